The molecule has 3 aliphatic rings. The van der Waals surface area contributed by atoms with E-state index < -0.39 is 36.4 Å². The number of carbonyl (C=O) groups is 4. The number of para-hydroxylation sites is 1. The van der Waals surface area contributed by atoms with Crippen molar-refractivity contribution in [2.75, 3.05) is 45.2 Å². The standard InChI is InChI=1S/C26H33N3O.C6H8O7/c1-27(2)24(25(30)29-16-12-21-8-4-6-10-23(21)29)19-28-17-14-26(15-18-28)13-11-20-7-3-5-9-22(20)26;7-3(8)1-6(13,5(11)12)2-4(9)10/h3-10,24H,11-19H2,1-2H3;13H,1-2H2,(H,7,8)(H,9,10)(H,11,12). The van der Waals surface area contributed by atoms with Crippen molar-refractivity contribution in [3.63, 3.8) is 0 Å². The molecule has 43 heavy (non-hydrogen) atoms. The molecule has 1 aliphatic carbocycles. The molecule has 11 heteroatoms. The zero-order valence-corrected chi connectivity index (χ0v) is 24.7. The summed E-state index contributed by atoms with van der Waals surface area (Å²) in [5.41, 5.74) is 3.19. The Morgan fingerprint density at radius 2 is 1.42 bits per heavy atom. The lowest BCUT2D eigenvalue weighted by Crippen LogP contribution is -2.53. The lowest BCUT2D eigenvalue weighted by atomic mass is 9.74. The Balaban J connectivity index is 0.000000277. The van der Waals surface area contributed by atoms with Crippen molar-refractivity contribution in [1.29, 1.82) is 0 Å². The van der Waals surface area contributed by atoms with Gasteiger partial charge in [-0.15, -0.1) is 0 Å². The van der Waals surface area contributed by atoms with Gasteiger partial charge < -0.3 is 30.2 Å². The van der Waals surface area contributed by atoms with Gasteiger partial charge >= 0.3 is 17.9 Å². The maximum atomic E-state index is 13.5. The number of aliphatic hydroxyl groups is 1. The van der Waals surface area contributed by atoms with Crippen LogP contribution in [0, 0.1) is 0 Å². The molecule has 2 aromatic carbocycles. The van der Waals surface area contributed by atoms with Crippen molar-refractivity contribution in [3.05, 3.63) is 65.2 Å². The molecule has 232 valence electrons. The number of carbonyl (C=O) groups excluding carboxylic acids is 1. The number of aryl methyl sites for hydroxylation is 1. The summed E-state index contributed by atoms with van der Waals surface area (Å²) in [6, 6.07) is 17.3. The third-order valence-electron chi connectivity index (χ3n) is 9.05. The molecule has 1 amide bonds. The highest BCUT2D eigenvalue weighted by Crippen LogP contribution is 2.46. The van der Waals surface area contributed by atoms with Crippen LogP contribution in [-0.4, -0.2) is 106 Å². The maximum Gasteiger partial charge on any atom is 0.336 e. The molecule has 1 saturated heterocycles. The van der Waals surface area contributed by atoms with E-state index in [1.807, 2.05) is 25.1 Å². The van der Waals surface area contributed by atoms with Gasteiger partial charge in [0, 0.05) is 18.8 Å². The quantitative estimate of drug-likeness (QED) is 0.339. The average molecular weight is 596 g/mol. The van der Waals surface area contributed by atoms with Crippen LogP contribution in [0.5, 0.6) is 0 Å². The minimum Gasteiger partial charge on any atom is -0.481 e. The zero-order valence-electron chi connectivity index (χ0n) is 24.7. The molecule has 2 heterocycles. The van der Waals surface area contributed by atoms with Gasteiger partial charge in [-0.3, -0.25) is 19.3 Å². The van der Waals surface area contributed by atoms with E-state index in [2.05, 4.69) is 52.3 Å². The summed E-state index contributed by atoms with van der Waals surface area (Å²) in [6.07, 6.45) is 3.62. The molecule has 0 aromatic heterocycles. The second-order valence-corrected chi connectivity index (χ2v) is 12.1. The lowest BCUT2D eigenvalue weighted by molar-refractivity contribution is -0.170. The maximum absolute atomic E-state index is 13.5. The van der Waals surface area contributed by atoms with E-state index >= 15 is 0 Å². The predicted octanol–water partition coefficient (Wildman–Crippen LogP) is 2.24. The second-order valence-electron chi connectivity index (χ2n) is 12.1. The highest BCUT2D eigenvalue weighted by molar-refractivity contribution is 5.99. The van der Waals surface area contributed by atoms with Gasteiger partial charge in [-0.05, 0) is 87.5 Å². The molecule has 1 fully saturated rings. The molecule has 0 saturated carbocycles. The monoisotopic (exact) mass is 595 g/mol. The van der Waals surface area contributed by atoms with Crippen molar-refractivity contribution >= 4 is 29.5 Å². The summed E-state index contributed by atoms with van der Waals surface area (Å²) < 4.78 is 0. The largest absolute Gasteiger partial charge is 0.481 e. The number of amides is 1. The van der Waals surface area contributed by atoms with Gasteiger partial charge in [0.1, 0.15) is 6.04 Å². The normalized spacial score (nSPS) is 18.0. The van der Waals surface area contributed by atoms with Gasteiger partial charge in [-0.1, -0.05) is 42.5 Å². The Bertz CT molecular complexity index is 1340. The fourth-order valence-corrected chi connectivity index (χ4v) is 6.62. The number of fused-ring (bicyclic) bond motifs is 3. The van der Waals surface area contributed by atoms with Crippen molar-refractivity contribution in [2.45, 2.75) is 62.0 Å². The highest BCUT2D eigenvalue weighted by Gasteiger charge is 2.42. The summed E-state index contributed by atoms with van der Waals surface area (Å²) >= 11 is 0. The topological polar surface area (TPSA) is 159 Å². The number of rotatable bonds is 9. The number of hydrogen-bond donors (Lipinski definition) is 4. The number of anilines is 1. The smallest absolute Gasteiger partial charge is 0.336 e. The summed E-state index contributed by atoms with van der Waals surface area (Å²) in [5, 5.41) is 33.8. The van der Waals surface area contributed by atoms with Crippen LogP contribution in [0.4, 0.5) is 5.69 Å². The lowest BCUT2D eigenvalue weighted by Gasteiger charge is -2.42. The van der Waals surface area contributed by atoms with Crippen LogP contribution >= 0.6 is 0 Å². The van der Waals surface area contributed by atoms with Crippen LogP contribution in [0.3, 0.4) is 0 Å². The molecule has 0 radical (unpaired) electrons. The number of aliphatic carboxylic acids is 3. The van der Waals surface area contributed by atoms with Crippen molar-refractivity contribution < 1.29 is 39.6 Å². The molecular weight excluding hydrogens is 554 g/mol. The van der Waals surface area contributed by atoms with Crippen LogP contribution in [-0.2, 0) is 37.4 Å². The third kappa shape index (κ3) is 7.23. The number of carboxylic acids is 3. The molecule has 1 spiro atoms. The van der Waals surface area contributed by atoms with E-state index in [0.29, 0.717) is 5.41 Å². The van der Waals surface area contributed by atoms with Crippen LogP contribution in [0.1, 0.15) is 48.8 Å². The summed E-state index contributed by atoms with van der Waals surface area (Å²) in [7, 11) is 4.09. The van der Waals surface area contributed by atoms with Crippen molar-refractivity contribution in [1.82, 2.24) is 9.80 Å². The van der Waals surface area contributed by atoms with Crippen LogP contribution in [0.25, 0.3) is 0 Å². The first-order chi connectivity index (χ1) is 20.3. The molecule has 0 bridgehead atoms. The Kier molecular flexibility index (Phi) is 9.89. The molecule has 11 nitrogen and oxygen atoms in total. The Morgan fingerprint density at radius 1 is 0.837 bits per heavy atom. The Hall–Kier alpha value is -3.80. The van der Waals surface area contributed by atoms with Gasteiger partial charge in [0.15, 0.2) is 5.60 Å². The first kappa shape index (κ1) is 32.1. The van der Waals surface area contributed by atoms with Gasteiger partial charge in [0.2, 0.25) is 5.91 Å². The number of carboxylic acid groups (broad SMARTS) is 3. The highest BCUT2D eigenvalue weighted by atomic mass is 16.4. The third-order valence-corrected chi connectivity index (χ3v) is 9.05. The van der Waals surface area contributed by atoms with E-state index in [1.54, 1.807) is 11.1 Å². The number of likely N-dealkylation sites (tertiary alicyclic amines) is 1. The minimum atomic E-state index is -2.74. The van der Waals surface area contributed by atoms with Crippen molar-refractivity contribution in [2.24, 2.45) is 0 Å². The fraction of sp³-hybridized carbons (Fsp3) is 0.500. The fourth-order valence-electron chi connectivity index (χ4n) is 6.62. The molecule has 1 unspecified atom stereocenters. The van der Waals surface area contributed by atoms with E-state index in [1.165, 1.54) is 31.2 Å². The Labute approximate surface area is 251 Å². The van der Waals surface area contributed by atoms with Crippen LogP contribution in [0.15, 0.2) is 48.5 Å². The molecule has 2 aliphatic heterocycles. The molecule has 2 aromatic rings. The Morgan fingerprint density at radius 3 is 2.00 bits per heavy atom. The van der Waals surface area contributed by atoms with E-state index in [-0.39, 0.29) is 11.9 Å². The second kappa shape index (κ2) is 13.2. The van der Waals surface area contributed by atoms with Gasteiger partial charge in [-0.25, -0.2) is 4.79 Å². The number of nitrogens with zero attached hydrogens (tertiary/aromatic N) is 3. The summed E-state index contributed by atoms with van der Waals surface area (Å²) in [4.78, 5) is 50.6. The molecule has 4 N–H and O–H groups in total. The number of likely N-dealkylation sites (N-methyl/N-ethyl adjacent to an activating group) is 1. The van der Waals surface area contributed by atoms with Crippen LogP contribution < -0.4 is 4.90 Å². The predicted molar refractivity (Wildman–Crippen MR) is 159 cm³/mol. The molecular formula is C32H41N3O8. The van der Waals surface area contributed by atoms with Gasteiger partial charge in [-0.2, -0.15) is 0 Å². The van der Waals surface area contributed by atoms with Gasteiger partial charge in [0.05, 0.1) is 12.8 Å². The number of benzene rings is 2. The van der Waals surface area contributed by atoms with Crippen LogP contribution in [0.2, 0.25) is 0 Å². The SMILES string of the molecule is CN(C)C(CN1CCC2(CCc3ccccc32)CC1)C(=O)N1CCc2ccccc21.O=C(O)CC(O)(CC(=O)O)C(=O)O. The van der Waals surface area contributed by atoms with Gasteiger partial charge in [0.25, 0.3) is 0 Å². The van der Waals surface area contributed by atoms with E-state index in [4.69, 9.17) is 20.4 Å². The zero-order chi connectivity index (χ0) is 31.4. The summed E-state index contributed by atoms with van der Waals surface area (Å²) in [6.45, 7) is 3.80. The summed E-state index contributed by atoms with van der Waals surface area (Å²) in [5.74, 6) is -4.77. The molecule has 5 rings (SSSR count). The first-order valence-corrected chi connectivity index (χ1v) is 14.6. The number of hydrogen-bond acceptors (Lipinski definition) is 7. The average Bonchev–Trinajstić information content (AvgIpc) is 3.54. The first-order valence-electron chi connectivity index (χ1n) is 14.6. The van der Waals surface area contributed by atoms with E-state index in [9.17, 15) is 19.2 Å². The minimum absolute atomic E-state index is 0.0962. The van der Waals surface area contributed by atoms with E-state index in [0.717, 1.165) is 38.3 Å². The molecule has 1 atom stereocenters. The number of piperidine rings is 1. The van der Waals surface area contributed by atoms with Crippen molar-refractivity contribution in [3.8, 4) is 0 Å².